The fraction of sp³-hybridized carbons (Fsp3) is 0.441. The van der Waals surface area contributed by atoms with Crippen molar-refractivity contribution in [2.24, 2.45) is 5.73 Å². The predicted molar refractivity (Wildman–Crippen MR) is 179 cm³/mol. The summed E-state index contributed by atoms with van der Waals surface area (Å²) in [5.74, 6) is -3.73. The van der Waals surface area contributed by atoms with Gasteiger partial charge < -0.3 is 46.7 Å². The molecular weight excluding hydrogens is 654 g/mol. The highest BCUT2D eigenvalue weighted by Gasteiger charge is 2.33. The van der Waals surface area contributed by atoms with Crippen LogP contribution in [0.25, 0.3) is 11.1 Å². The van der Waals surface area contributed by atoms with E-state index in [4.69, 9.17) is 15.6 Å². The van der Waals surface area contributed by atoms with Crippen LogP contribution >= 0.6 is 0 Å². The van der Waals surface area contributed by atoms with Crippen LogP contribution in [0.3, 0.4) is 0 Å². The minimum Gasteiger partial charge on any atom is -0.469 e. The van der Waals surface area contributed by atoms with Crippen molar-refractivity contribution in [1.29, 1.82) is 0 Å². The molecule has 1 aliphatic rings. The molecule has 0 radical (unpaired) electrons. The molecule has 0 heterocycles. The van der Waals surface area contributed by atoms with Crippen LogP contribution in [-0.2, 0) is 38.2 Å². The molecule has 0 aliphatic heterocycles. The average molecular weight is 700 g/mol. The summed E-state index contributed by atoms with van der Waals surface area (Å²) in [7, 11) is 1.12. The van der Waals surface area contributed by atoms with Gasteiger partial charge in [0.2, 0.25) is 17.7 Å². The number of amides is 4. The van der Waals surface area contributed by atoms with Gasteiger partial charge in [0.25, 0.3) is 0 Å². The van der Waals surface area contributed by atoms with Crippen LogP contribution in [0, 0.1) is 0 Å². The maximum absolute atomic E-state index is 12.9. The predicted octanol–water partition coefficient (Wildman–Crippen LogP) is -0.573. The summed E-state index contributed by atoms with van der Waals surface area (Å²) in [5, 5.41) is 28.1. The minimum absolute atomic E-state index is 0.0177. The maximum Gasteiger partial charge on any atom is 0.407 e. The van der Waals surface area contributed by atoms with Crippen molar-refractivity contribution in [2.45, 2.75) is 70.4 Å². The molecule has 2 aromatic carbocycles. The molecule has 2 aromatic rings. The van der Waals surface area contributed by atoms with E-state index in [0.29, 0.717) is 0 Å². The van der Waals surface area contributed by atoms with Crippen LogP contribution in [0.15, 0.2) is 48.5 Å². The standard InChI is InChI=1S/C27H31N3O8.C7H14N2O3/c1-15(31)13-28-26(35)24(16(2)32)30-25(34)22(12-23(33)37-3)29-27(36)38-14-21-19-10-6-4-8-17(19)18-9-5-7-11-20(18)21;1-4(10)3-9-7(12)6(8)5(2)11/h4-11,16,21-22,24,32H,12-14H2,1-3H3,(H,28,35)(H,29,36)(H,30,34);5-6,11H,3,8H2,1-2H3,(H,9,12). The van der Waals surface area contributed by atoms with Gasteiger partial charge in [0.1, 0.15) is 36.3 Å². The quantitative estimate of drug-likeness (QED) is 0.115. The molecule has 272 valence electrons. The number of nitrogens with two attached hydrogens (primary N) is 1. The molecule has 3 rings (SSSR count). The topological polar surface area (TPSA) is 253 Å². The number of nitrogens with one attached hydrogen (secondary N) is 4. The van der Waals surface area contributed by atoms with E-state index in [1.165, 1.54) is 27.7 Å². The SMILES string of the molecule is CC(=O)CNC(=O)C(N)C(C)O.COC(=O)CC(NC(=O)OCC1c2ccccc2-c2ccccc21)C(=O)NC(C(=O)NCC(C)=O)C(C)O. The van der Waals surface area contributed by atoms with Gasteiger partial charge in [-0.2, -0.15) is 0 Å². The largest absolute Gasteiger partial charge is 0.469 e. The number of fused-ring (bicyclic) bond motifs is 3. The zero-order valence-electron chi connectivity index (χ0n) is 28.6. The first-order valence-corrected chi connectivity index (χ1v) is 15.7. The summed E-state index contributed by atoms with van der Waals surface area (Å²) < 4.78 is 10.1. The molecule has 5 atom stereocenters. The van der Waals surface area contributed by atoms with Gasteiger partial charge in [-0.15, -0.1) is 0 Å². The number of benzene rings is 2. The lowest BCUT2D eigenvalue weighted by atomic mass is 9.98. The zero-order valence-corrected chi connectivity index (χ0v) is 28.6. The molecule has 16 heteroatoms. The lowest BCUT2D eigenvalue weighted by Crippen LogP contribution is -2.58. The van der Waals surface area contributed by atoms with Crippen molar-refractivity contribution in [2.75, 3.05) is 26.8 Å². The molecule has 1 aliphatic carbocycles. The van der Waals surface area contributed by atoms with Crippen LogP contribution in [0.2, 0.25) is 0 Å². The molecule has 5 unspecified atom stereocenters. The Morgan fingerprint density at radius 1 is 0.760 bits per heavy atom. The number of rotatable bonds is 15. The number of methoxy groups -OCH3 is 1. The van der Waals surface area contributed by atoms with Crippen LogP contribution in [0.5, 0.6) is 0 Å². The van der Waals surface area contributed by atoms with Crippen LogP contribution < -0.4 is 27.0 Å². The Labute approximate surface area is 289 Å². The smallest absolute Gasteiger partial charge is 0.407 e. The molecule has 0 fully saturated rings. The summed E-state index contributed by atoms with van der Waals surface area (Å²) >= 11 is 0. The fourth-order valence-corrected chi connectivity index (χ4v) is 4.77. The van der Waals surface area contributed by atoms with Gasteiger partial charge in [0.05, 0.1) is 38.8 Å². The van der Waals surface area contributed by atoms with Crippen LogP contribution in [-0.4, -0.2) is 109 Å². The molecule has 4 amide bonds. The molecule has 0 saturated carbocycles. The second-order valence-electron chi connectivity index (χ2n) is 11.6. The Bertz CT molecular complexity index is 1500. The molecule has 0 spiro atoms. The first-order chi connectivity index (χ1) is 23.6. The van der Waals surface area contributed by atoms with E-state index in [0.717, 1.165) is 29.4 Å². The normalized spacial score (nSPS) is 14.4. The summed E-state index contributed by atoms with van der Waals surface area (Å²) in [6.07, 6.45) is -3.74. The van der Waals surface area contributed by atoms with Gasteiger partial charge in [-0.05, 0) is 49.9 Å². The van der Waals surface area contributed by atoms with Crippen molar-refractivity contribution in [3.8, 4) is 11.1 Å². The number of esters is 1. The first kappa shape index (κ1) is 41.0. The highest BCUT2D eigenvalue weighted by atomic mass is 16.5. The van der Waals surface area contributed by atoms with Gasteiger partial charge in [-0.25, -0.2) is 4.79 Å². The number of hydrogen-bond donors (Lipinski definition) is 7. The molecule has 8 N–H and O–H groups in total. The highest BCUT2D eigenvalue weighted by molar-refractivity contribution is 5.94. The number of Topliss-reactive ketones (excluding diaryl/α,β-unsaturated/α-hetero) is 2. The molecular formula is C34H45N5O11. The van der Waals surface area contributed by atoms with E-state index < -0.39 is 66.5 Å². The number of aliphatic hydroxyl groups is 2. The Balaban J connectivity index is 0.000000616. The molecule has 0 bridgehead atoms. The van der Waals surface area contributed by atoms with Crippen molar-refractivity contribution < 1.29 is 53.2 Å². The average Bonchev–Trinajstić information content (AvgIpc) is 3.40. The van der Waals surface area contributed by atoms with E-state index in [9.17, 15) is 38.7 Å². The van der Waals surface area contributed by atoms with E-state index in [2.05, 4.69) is 26.0 Å². The Morgan fingerprint density at radius 2 is 1.26 bits per heavy atom. The first-order valence-electron chi connectivity index (χ1n) is 15.7. The number of ether oxygens (including phenoxy) is 2. The Morgan fingerprint density at radius 3 is 1.72 bits per heavy atom. The molecule has 16 nitrogen and oxygen atoms in total. The third-order valence-electron chi connectivity index (χ3n) is 7.46. The summed E-state index contributed by atoms with van der Waals surface area (Å²) in [5.41, 5.74) is 9.37. The highest BCUT2D eigenvalue weighted by Crippen LogP contribution is 2.44. The van der Waals surface area contributed by atoms with Crippen molar-refractivity contribution in [3.63, 3.8) is 0 Å². The van der Waals surface area contributed by atoms with Gasteiger partial charge in [0, 0.05) is 5.92 Å². The van der Waals surface area contributed by atoms with Gasteiger partial charge in [-0.3, -0.25) is 28.8 Å². The minimum atomic E-state index is -1.46. The lowest BCUT2D eigenvalue weighted by Gasteiger charge is -2.24. The number of carbonyl (C=O) groups is 7. The maximum atomic E-state index is 12.9. The Hall–Kier alpha value is -5.19. The van der Waals surface area contributed by atoms with Gasteiger partial charge in [-0.1, -0.05) is 48.5 Å². The molecule has 0 aromatic heterocycles. The van der Waals surface area contributed by atoms with Gasteiger partial charge >= 0.3 is 12.1 Å². The number of hydrogen-bond acceptors (Lipinski definition) is 12. The summed E-state index contributed by atoms with van der Waals surface area (Å²) in [6, 6.07) is 11.7. The monoisotopic (exact) mass is 699 g/mol. The fourth-order valence-electron chi connectivity index (χ4n) is 4.77. The van der Waals surface area contributed by atoms with Crippen molar-refractivity contribution in [1.82, 2.24) is 21.3 Å². The third kappa shape index (κ3) is 12.4. The summed E-state index contributed by atoms with van der Waals surface area (Å²) in [6.45, 7) is 4.96. The van der Waals surface area contributed by atoms with Crippen LogP contribution in [0.1, 0.15) is 51.2 Å². The van der Waals surface area contributed by atoms with Gasteiger partial charge in [0.15, 0.2) is 0 Å². The second-order valence-corrected chi connectivity index (χ2v) is 11.6. The molecule has 50 heavy (non-hydrogen) atoms. The third-order valence-corrected chi connectivity index (χ3v) is 7.46. The number of ketones is 2. The lowest BCUT2D eigenvalue weighted by molar-refractivity contribution is -0.143. The number of aliphatic hydroxyl groups excluding tert-OH is 2. The van der Waals surface area contributed by atoms with E-state index in [1.54, 1.807) is 0 Å². The second kappa shape index (κ2) is 19.7. The summed E-state index contributed by atoms with van der Waals surface area (Å²) in [4.78, 5) is 82.4. The van der Waals surface area contributed by atoms with E-state index in [-0.39, 0.29) is 37.2 Å². The van der Waals surface area contributed by atoms with E-state index in [1.807, 2.05) is 48.5 Å². The number of alkyl carbamates (subject to hydrolysis) is 1. The van der Waals surface area contributed by atoms with Crippen LogP contribution in [0.4, 0.5) is 4.79 Å². The van der Waals surface area contributed by atoms with E-state index >= 15 is 0 Å². The number of carbonyl (C=O) groups excluding carboxylic acids is 7. The molecule has 0 saturated heterocycles. The van der Waals surface area contributed by atoms with Crippen molar-refractivity contribution >= 4 is 41.4 Å². The van der Waals surface area contributed by atoms with Crippen molar-refractivity contribution in [3.05, 3.63) is 59.7 Å². The Kier molecular flexibility index (Phi) is 16.2. The zero-order chi connectivity index (χ0) is 37.5.